The van der Waals surface area contributed by atoms with Crippen LogP contribution in [-0.4, -0.2) is 39.7 Å². The summed E-state index contributed by atoms with van der Waals surface area (Å²) < 4.78 is 34.0. The summed E-state index contributed by atoms with van der Waals surface area (Å²) in [6.45, 7) is 3.64. The number of hydrogen-bond donors (Lipinski definition) is 1. The molecule has 31 heavy (non-hydrogen) atoms. The number of nitrogens with one attached hydrogen (secondary N) is 1. The molecule has 0 saturated carbocycles. The van der Waals surface area contributed by atoms with Crippen LogP contribution in [-0.2, 0) is 10.0 Å². The van der Waals surface area contributed by atoms with Gasteiger partial charge in [-0.15, -0.1) is 11.8 Å². The molecule has 0 fully saturated rings. The Bertz CT molecular complexity index is 1220. The zero-order valence-corrected chi connectivity index (χ0v) is 20.2. The molecule has 1 aromatic heterocycles. The summed E-state index contributed by atoms with van der Waals surface area (Å²) in [4.78, 5) is 17.3. The average molecular weight is 478 g/mol. The van der Waals surface area contributed by atoms with Gasteiger partial charge in [0, 0.05) is 12.6 Å². The lowest BCUT2D eigenvalue weighted by Gasteiger charge is -2.22. The van der Waals surface area contributed by atoms with Crippen molar-refractivity contribution in [1.29, 1.82) is 0 Å². The molecule has 2 aromatic carbocycles. The van der Waals surface area contributed by atoms with E-state index in [4.69, 9.17) is 4.74 Å². The molecule has 1 heterocycles. The molecule has 0 atom stereocenters. The van der Waals surface area contributed by atoms with Gasteiger partial charge in [-0.1, -0.05) is 29.5 Å². The lowest BCUT2D eigenvalue weighted by molar-refractivity contribution is 0.102. The van der Waals surface area contributed by atoms with Crippen LogP contribution in [0.2, 0.25) is 0 Å². The van der Waals surface area contributed by atoms with E-state index in [-0.39, 0.29) is 10.5 Å². The Kier molecular flexibility index (Phi) is 6.93. The Balaban J connectivity index is 1.94. The van der Waals surface area contributed by atoms with E-state index >= 15 is 0 Å². The molecule has 3 rings (SSSR count). The summed E-state index contributed by atoms with van der Waals surface area (Å²) in [5, 5.41) is 3.26. The molecule has 0 spiro atoms. The van der Waals surface area contributed by atoms with Gasteiger partial charge in [-0.3, -0.25) is 14.4 Å². The number of aryl methyl sites for hydroxylation is 2. The van der Waals surface area contributed by atoms with E-state index < -0.39 is 15.9 Å². The van der Waals surface area contributed by atoms with E-state index in [0.29, 0.717) is 22.1 Å². The first-order valence-corrected chi connectivity index (χ1v) is 12.7. The Hall–Kier alpha value is -2.56. The van der Waals surface area contributed by atoms with Crippen LogP contribution in [0, 0.1) is 13.8 Å². The number of aromatic nitrogens is 1. The second-order valence-corrected chi connectivity index (χ2v) is 10.7. The van der Waals surface area contributed by atoms with E-state index in [9.17, 15) is 13.2 Å². The third kappa shape index (κ3) is 4.70. The molecule has 1 amide bonds. The molecule has 0 aliphatic heterocycles. The normalized spacial score (nSPS) is 11.3. The number of rotatable bonds is 7. The minimum atomic E-state index is -3.92. The zero-order chi connectivity index (χ0) is 22.8. The Morgan fingerprint density at radius 3 is 2.55 bits per heavy atom. The van der Waals surface area contributed by atoms with Crippen LogP contribution < -0.4 is 14.4 Å². The number of nitrogens with zero attached hydrogens (tertiary/aromatic N) is 2. The van der Waals surface area contributed by atoms with Crippen molar-refractivity contribution in [2.24, 2.45) is 0 Å². The van der Waals surface area contributed by atoms with Crippen LogP contribution in [0.4, 0.5) is 10.8 Å². The maximum atomic E-state index is 13.3. The molecule has 0 unspecified atom stereocenters. The van der Waals surface area contributed by atoms with E-state index in [1.54, 1.807) is 49.0 Å². The SMILES string of the molecule is COc1ccccc1N(C)S(=O)(=O)c1ccc(C)c(C(=O)Nc2nc(C)c(SC)s2)c1. The van der Waals surface area contributed by atoms with Crippen LogP contribution >= 0.6 is 23.1 Å². The van der Waals surface area contributed by atoms with Gasteiger partial charge in [0.1, 0.15) is 5.75 Å². The Labute approximate surface area is 190 Å². The van der Waals surface area contributed by atoms with E-state index in [1.807, 2.05) is 13.2 Å². The second-order valence-electron chi connectivity index (χ2n) is 6.67. The first-order chi connectivity index (χ1) is 14.7. The fourth-order valence-corrected chi connectivity index (χ4v) is 5.81. The number of benzene rings is 2. The summed E-state index contributed by atoms with van der Waals surface area (Å²) >= 11 is 2.95. The smallest absolute Gasteiger partial charge is 0.264 e. The molecule has 0 aliphatic carbocycles. The van der Waals surface area contributed by atoms with Crippen molar-refractivity contribution < 1.29 is 17.9 Å². The summed E-state index contributed by atoms with van der Waals surface area (Å²) in [6, 6.07) is 11.4. The maximum Gasteiger partial charge on any atom is 0.264 e. The minimum absolute atomic E-state index is 0.0109. The summed E-state index contributed by atoms with van der Waals surface area (Å²) in [7, 11) is -0.984. The van der Waals surface area contributed by atoms with Crippen LogP contribution in [0.25, 0.3) is 0 Å². The van der Waals surface area contributed by atoms with Gasteiger partial charge in [-0.2, -0.15) is 0 Å². The van der Waals surface area contributed by atoms with Crippen molar-refractivity contribution in [3.63, 3.8) is 0 Å². The van der Waals surface area contributed by atoms with Gasteiger partial charge >= 0.3 is 0 Å². The largest absolute Gasteiger partial charge is 0.495 e. The van der Waals surface area contributed by atoms with E-state index in [2.05, 4.69) is 10.3 Å². The second kappa shape index (κ2) is 9.29. The number of para-hydroxylation sites is 2. The quantitative estimate of drug-likeness (QED) is 0.502. The van der Waals surface area contributed by atoms with Crippen molar-refractivity contribution in [2.75, 3.05) is 30.0 Å². The van der Waals surface area contributed by atoms with Crippen LogP contribution in [0.1, 0.15) is 21.6 Å². The van der Waals surface area contributed by atoms with Crippen molar-refractivity contribution in [3.05, 3.63) is 59.3 Å². The average Bonchev–Trinajstić information content (AvgIpc) is 3.12. The van der Waals surface area contributed by atoms with E-state index in [1.165, 1.54) is 37.6 Å². The Morgan fingerprint density at radius 2 is 1.90 bits per heavy atom. The molecule has 10 heteroatoms. The summed E-state index contributed by atoms with van der Waals surface area (Å²) in [5.74, 6) is 0.0262. The van der Waals surface area contributed by atoms with Crippen molar-refractivity contribution >= 4 is 49.8 Å². The molecule has 0 bridgehead atoms. The van der Waals surface area contributed by atoms with Gasteiger partial charge in [-0.25, -0.2) is 13.4 Å². The maximum absolute atomic E-state index is 13.3. The fraction of sp³-hybridized carbons (Fsp3) is 0.238. The number of carbonyl (C=O) groups excluding carboxylic acids is 1. The van der Waals surface area contributed by atoms with Crippen LogP contribution in [0.3, 0.4) is 0 Å². The van der Waals surface area contributed by atoms with Gasteiger partial charge in [0.05, 0.1) is 27.6 Å². The molecule has 7 nitrogen and oxygen atoms in total. The Morgan fingerprint density at radius 1 is 1.19 bits per heavy atom. The third-order valence-electron chi connectivity index (χ3n) is 4.70. The molecular formula is C21H23N3O4S3. The molecule has 0 saturated heterocycles. The molecular weight excluding hydrogens is 454 g/mol. The highest BCUT2D eigenvalue weighted by Crippen LogP contribution is 2.32. The standard InChI is InChI=1S/C21H23N3O4S3/c1-13-10-11-15(31(26,27)24(3)17-8-6-7-9-18(17)28-4)12-16(13)19(25)23-21-22-14(2)20(29-5)30-21/h6-12H,1-5H3,(H,22,23,25). The summed E-state index contributed by atoms with van der Waals surface area (Å²) in [5.41, 5.74) is 2.18. The monoisotopic (exact) mass is 477 g/mol. The van der Waals surface area contributed by atoms with Gasteiger partial charge in [0.15, 0.2) is 5.13 Å². The van der Waals surface area contributed by atoms with Crippen LogP contribution in [0.15, 0.2) is 51.6 Å². The summed E-state index contributed by atoms with van der Waals surface area (Å²) in [6.07, 6.45) is 1.95. The first-order valence-electron chi connectivity index (χ1n) is 9.24. The number of thioether (sulfide) groups is 1. The highest BCUT2D eigenvalue weighted by atomic mass is 32.2. The van der Waals surface area contributed by atoms with Crippen molar-refractivity contribution in [1.82, 2.24) is 4.98 Å². The molecule has 0 radical (unpaired) electrons. The first kappa shape index (κ1) is 23.1. The zero-order valence-electron chi connectivity index (χ0n) is 17.8. The number of thiazole rings is 1. The number of sulfonamides is 1. The topological polar surface area (TPSA) is 88.6 Å². The number of ether oxygens (including phenoxy) is 1. The predicted octanol–water partition coefficient (Wildman–Crippen LogP) is 4.57. The third-order valence-corrected chi connectivity index (χ3v) is 8.75. The number of amides is 1. The van der Waals surface area contributed by atoms with Crippen LogP contribution in [0.5, 0.6) is 5.75 Å². The highest BCUT2D eigenvalue weighted by molar-refractivity contribution is 8.00. The lowest BCUT2D eigenvalue weighted by atomic mass is 10.1. The molecule has 164 valence electrons. The van der Waals surface area contributed by atoms with Gasteiger partial charge in [0.25, 0.3) is 15.9 Å². The fourth-order valence-electron chi connectivity index (χ4n) is 2.97. The van der Waals surface area contributed by atoms with Gasteiger partial charge in [-0.05, 0) is 49.9 Å². The van der Waals surface area contributed by atoms with Crippen molar-refractivity contribution in [2.45, 2.75) is 23.0 Å². The minimum Gasteiger partial charge on any atom is -0.495 e. The molecule has 3 aromatic rings. The molecule has 0 aliphatic rings. The van der Waals surface area contributed by atoms with Crippen molar-refractivity contribution in [3.8, 4) is 5.75 Å². The lowest BCUT2D eigenvalue weighted by Crippen LogP contribution is -2.27. The van der Waals surface area contributed by atoms with Gasteiger partial charge < -0.3 is 4.74 Å². The number of anilines is 2. The number of hydrogen-bond acceptors (Lipinski definition) is 7. The highest BCUT2D eigenvalue weighted by Gasteiger charge is 2.25. The van der Waals surface area contributed by atoms with E-state index in [0.717, 1.165) is 14.2 Å². The number of methoxy groups -OCH3 is 1. The predicted molar refractivity (Wildman–Crippen MR) is 126 cm³/mol. The molecule has 1 N–H and O–H groups in total. The number of carbonyl (C=O) groups is 1. The van der Waals surface area contributed by atoms with Gasteiger partial charge in [0.2, 0.25) is 0 Å².